The number of rotatable bonds is 2. The van der Waals surface area contributed by atoms with Gasteiger partial charge in [-0.3, -0.25) is 9.63 Å². The van der Waals surface area contributed by atoms with Crippen molar-refractivity contribution in [3.05, 3.63) is 71.8 Å². The van der Waals surface area contributed by atoms with Crippen molar-refractivity contribution in [1.82, 2.24) is 9.96 Å². The molecule has 1 atom stereocenters. The van der Waals surface area contributed by atoms with E-state index in [1.165, 1.54) is 4.90 Å². The second-order valence-electron chi connectivity index (χ2n) is 10.5. The van der Waals surface area contributed by atoms with E-state index < -0.39 is 28.4 Å². The van der Waals surface area contributed by atoms with Crippen LogP contribution in [0.4, 0.5) is 4.79 Å². The molecule has 0 bridgehead atoms. The van der Waals surface area contributed by atoms with Gasteiger partial charge >= 0.3 is 6.09 Å². The van der Waals surface area contributed by atoms with Gasteiger partial charge in [0.15, 0.2) is 5.60 Å². The second-order valence-corrected chi connectivity index (χ2v) is 10.5. The van der Waals surface area contributed by atoms with Crippen molar-refractivity contribution in [3.8, 4) is 0 Å². The molecular formula is C26H32N2O4. The number of benzene rings is 2. The number of hydroxylamine groups is 2. The number of likely N-dealkylation sites (tertiary alicyclic amines) is 1. The molecule has 2 aliphatic heterocycles. The van der Waals surface area contributed by atoms with Crippen molar-refractivity contribution < 1.29 is 19.2 Å². The van der Waals surface area contributed by atoms with Gasteiger partial charge in [-0.1, -0.05) is 60.7 Å². The summed E-state index contributed by atoms with van der Waals surface area (Å²) in [6.07, 6.45) is 0.142. The Hall–Kier alpha value is -2.70. The highest BCUT2D eigenvalue weighted by Gasteiger charge is 2.67. The van der Waals surface area contributed by atoms with Crippen LogP contribution in [0.15, 0.2) is 60.7 Å². The third kappa shape index (κ3) is 3.51. The zero-order chi connectivity index (χ0) is 23.4. The summed E-state index contributed by atoms with van der Waals surface area (Å²) in [5.74, 6) is -0.350. The summed E-state index contributed by atoms with van der Waals surface area (Å²) in [5, 5.41) is 1.80. The molecule has 2 fully saturated rings. The molecule has 0 aliphatic carbocycles. The molecule has 6 heteroatoms. The third-order valence-corrected chi connectivity index (χ3v) is 6.39. The minimum Gasteiger partial charge on any atom is -0.443 e. The van der Waals surface area contributed by atoms with E-state index in [-0.39, 0.29) is 5.91 Å². The van der Waals surface area contributed by atoms with Crippen LogP contribution in [0, 0.1) is 0 Å². The lowest BCUT2D eigenvalue weighted by atomic mass is 9.74. The fraction of sp³-hybridized carbons (Fsp3) is 0.462. The van der Waals surface area contributed by atoms with Crippen LogP contribution in [0.3, 0.4) is 0 Å². The summed E-state index contributed by atoms with van der Waals surface area (Å²) in [6, 6.07) is 20.1. The monoisotopic (exact) mass is 436 g/mol. The summed E-state index contributed by atoms with van der Waals surface area (Å²) >= 11 is 0. The number of imide groups is 1. The Morgan fingerprint density at radius 1 is 0.938 bits per heavy atom. The van der Waals surface area contributed by atoms with Gasteiger partial charge in [0, 0.05) is 19.9 Å². The SMILES string of the molecule is CN1OC2(CC(C)(C)N(C(=O)OC(C)(C)C)C2=O)CC1(c1ccccc1)c1ccccc1. The lowest BCUT2D eigenvalue weighted by Gasteiger charge is -2.35. The molecule has 170 valence electrons. The highest BCUT2D eigenvalue weighted by molar-refractivity contribution is 6.00. The standard InChI is InChI=1S/C26H32N2O4/c1-23(2,3)31-22(30)28-21(29)25(17-24(28,4)5)18-26(27(6)32-25,19-13-9-7-10-14-19)20-15-11-8-12-16-20/h7-16H,17-18H2,1-6H3. The number of ether oxygens (including phenoxy) is 1. The molecule has 0 saturated carbocycles. The predicted octanol–water partition coefficient (Wildman–Crippen LogP) is 4.88. The molecule has 2 aromatic carbocycles. The van der Waals surface area contributed by atoms with Crippen LogP contribution in [0.5, 0.6) is 0 Å². The lowest BCUT2D eigenvalue weighted by molar-refractivity contribution is -0.203. The summed E-state index contributed by atoms with van der Waals surface area (Å²) in [7, 11) is 1.87. The van der Waals surface area contributed by atoms with E-state index in [0.29, 0.717) is 12.8 Å². The van der Waals surface area contributed by atoms with Gasteiger partial charge in [-0.25, -0.2) is 9.69 Å². The Bertz CT molecular complexity index is 974. The lowest BCUT2D eigenvalue weighted by Crippen LogP contribution is -2.49. The normalized spacial score (nSPS) is 24.8. The average Bonchev–Trinajstić information content (AvgIpc) is 3.11. The first-order valence-electron chi connectivity index (χ1n) is 11.0. The number of carbonyl (C=O) groups is 2. The first-order chi connectivity index (χ1) is 14.9. The van der Waals surface area contributed by atoms with Crippen LogP contribution >= 0.6 is 0 Å². The summed E-state index contributed by atoms with van der Waals surface area (Å²) in [4.78, 5) is 34.5. The van der Waals surface area contributed by atoms with E-state index in [9.17, 15) is 9.59 Å². The van der Waals surface area contributed by atoms with Crippen molar-refractivity contribution in [2.24, 2.45) is 0 Å². The van der Waals surface area contributed by atoms with Crippen LogP contribution in [-0.4, -0.2) is 45.8 Å². The fourth-order valence-corrected chi connectivity index (χ4v) is 5.24. The molecule has 2 aliphatic rings. The maximum absolute atomic E-state index is 13.8. The maximum Gasteiger partial charge on any atom is 0.417 e. The summed E-state index contributed by atoms with van der Waals surface area (Å²) < 4.78 is 5.58. The molecule has 4 rings (SSSR count). The summed E-state index contributed by atoms with van der Waals surface area (Å²) in [5.41, 5.74) is -1.21. The molecule has 1 spiro atoms. The Balaban J connectivity index is 1.79. The number of amides is 2. The minimum atomic E-state index is -1.17. The first kappa shape index (κ1) is 22.5. The molecule has 2 saturated heterocycles. The zero-order valence-electron chi connectivity index (χ0n) is 19.7. The molecule has 2 amide bonds. The van der Waals surface area contributed by atoms with Gasteiger partial charge in [-0.2, -0.15) is 5.06 Å². The number of carbonyl (C=O) groups excluding carboxylic acids is 2. The van der Waals surface area contributed by atoms with Crippen LogP contribution in [-0.2, 0) is 19.9 Å². The number of hydrogen-bond donors (Lipinski definition) is 0. The van der Waals surface area contributed by atoms with Gasteiger partial charge in [-0.15, -0.1) is 0 Å². The van der Waals surface area contributed by atoms with E-state index >= 15 is 0 Å². The number of nitrogens with zero attached hydrogens (tertiary/aromatic N) is 2. The summed E-state index contributed by atoms with van der Waals surface area (Å²) in [6.45, 7) is 9.16. The van der Waals surface area contributed by atoms with Gasteiger partial charge in [0.1, 0.15) is 5.60 Å². The van der Waals surface area contributed by atoms with Crippen LogP contribution < -0.4 is 0 Å². The third-order valence-electron chi connectivity index (χ3n) is 6.39. The quantitative estimate of drug-likeness (QED) is 0.671. The van der Waals surface area contributed by atoms with Gasteiger partial charge in [0.05, 0.1) is 11.1 Å². The zero-order valence-corrected chi connectivity index (χ0v) is 19.7. The fourth-order valence-electron chi connectivity index (χ4n) is 5.24. The van der Waals surface area contributed by atoms with E-state index in [2.05, 4.69) is 24.3 Å². The Morgan fingerprint density at radius 2 is 1.44 bits per heavy atom. The van der Waals surface area contributed by atoms with E-state index in [4.69, 9.17) is 9.57 Å². The van der Waals surface area contributed by atoms with Crippen molar-refractivity contribution >= 4 is 12.0 Å². The molecule has 6 nitrogen and oxygen atoms in total. The van der Waals surface area contributed by atoms with E-state index in [1.54, 1.807) is 25.8 Å². The van der Waals surface area contributed by atoms with Crippen molar-refractivity contribution in [2.75, 3.05) is 7.05 Å². The van der Waals surface area contributed by atoms with Gasteiger partial charge in [-0.05, 0) is 45.7 Å². The smallest absolute Gasteiger partial charge is 0.417 e. The average molecular weight is 437 g/mol. The van der Waals surface area contributed by atoms with Crippen LogP contribution in [0.1, 0.15) is 58.6 Å². The van der Waals surface area contributed by atoms with Gasteiger partial charge < -0.3 is 4.74 Å². The Labute approximate surface area is 190 Å². The maximum atomic E-state index is 13.8. The highest BCUT2D eigenvalue weighted by Crippen LogP contribution is 2.55. The molecule has 1 unspecified atom stereocenters. The highest BCUT2D eigenvalue weighted by atomic mass is 16.7. The molecular weight excluding hydrogens is 404 g/mol. The van der Waals surface area contributed by atoms with Crippen molar-refractivity contribution in [2.45, 2.75) is 69.7 Å². The van der Waals surface area contributed by atoms with Crippen LogP contribution in [0.2, 0.25) is 0 Å². The van der Waals surface area contributed by atoms with Crippen molar-refractivity contribution in [1.29, 1.82) is 0 Å². The predicted molar refractivity (Wildman–Crippen MR) is 122 cm³/mol. The molecule has 0 aromatic heterocycles. The molecule has 32 heavy (non-hydrogen) atoms. The molecule has 2 aromatic rings. The van der Waals surface area contributed by atoms with E-state index in [0.717, 1.165) is 11.1 Å². The van der Waals surface area contributed by atoms with E-state index in [1.807, 2.05) is 57.3 Å². The molecule has 0 radical (unpaired) electrons. The topological polar surface area (TPSA) is 59.1 Å². The van der Waals surface area contributed by atoms with Gasteiger partial charge in [0.2, 0.25) is 0 Å². The van der Waals surface area contributed by atoms with Crippen LogP contribution in [0.25, 0.3) is 0 Å². The molecule has 2 heterocycles. The minimum absolute atomic E-state index is 0.350. The Morgan fingerprint density at radius 3 is 1.91 bits per heavy atom. The van der Waals surface area contributed by atoms with Crippen molar-refractivity contribution in [3.63, 3.8) is 0 Å². The number of hydrogen-bond acceptors (Lipinski definition) is 5. The molecule has 0 N–H and O–H groups in total. The second kappa shape index (κ2) is 7.42. The van der Waals surface area contributed by atoms with Gasteiger partial charge in [0.25, 0.3) is 5.91 Å². The Kier molecular flexibility index (Phi) is 5.22. The first-order valence-corrected chi connectivity index (χ1v) is 11.0. The largest absolute Gasteiger partial charge is 0.443 e.